The summed E-state index contributed by atoms with van der Waals surface area (Å²) in [6.45, 7) is 0. The molecule has 1 aliphatic heterocycles. The van der Waals surface area contributed by atoms with Crippen LogP contribution < -0.4 is 5.32 Å². The van der Waals surface area contributed by atoms with Crippen molar-refractivity contribution in [1.29, 1.82) is 0 Å². The summed E-state index contributed by atoms with van der Waals surface area (Å²) in [6.07, 6.45) is 0.377. The van der Waals surface area contributed by atoms with Crippen LogP contribution in [0.2, 0.25) is 0 Å². The van der Waals surface area contributed by atoms with Crippen LogP contribution in [0.1, 0.15) is 15.9 Å². The molecule has 0 saturated heterocycles. The fraction of sp³-hybridized carbons (Fsp3) is 0.0667. The second-order valence-corrected chi connectivity index (χ2v) is 4.48. The summed E-state index contributed by atoms with van der Waals surface area (Å²) < 4.78 is 0. The van der Waals surface area contributed by atoms with Gasteiger partial charge in [0, 0.05) is 5.69 Å². The largest absolute Gasteiger partial charge is 0.478 e. The molecule has 0 bridgehead atoms. The monoisotopic (exact) mass is 253 g/mol. The standard InChI is InChI=1S/C15H11NO3/c17-14-8-12-7-10(4-5-13(12)16-14)9-2-1-3-11(6-9)15(18)19/h1-7H,8H2,(H,16,17)(H,18,19). The number of carboxylic acid groups (broad SMARTS) is 1. The molecule has 94 valence electrons. The fourth-order valence-corrected chi connectivity index (χ4v) is 2.24. The third-order valence-electron chi connectivity index (χ3n) is 3.17. The van der Waals surface area contributed by atoms with Crippen molar-refractivity contribution in [2.45, 2.75) is 6.42 Å². The zero-order chi connectivity index (χ0) is 13.4. The number of fused-ring (bicyclic) bond motifs is 1. The summed E-state index contributed by atoms with van der Waals surface area (Å²) >= 11 is 0. The smallest absolute Gasteiger partial charge is 0.335 e. The summed E-state index contributed by atoms with van der Waals surface area (Å²) in [7, 11) is 0. The van der Waals surface area contributed by atoms with Crippen molar-refractivity contribution >= 4 is 17.6 Å². The second-order valence-electron chi connectivity index (χ2n) is 4.48. The van der Waals surface area contributed by atoms with Crippen molar-refractivity contribution in [1.82, 2.24) is 0 Å². The van der Waals surface area contributed by atoms with Gasteiger partial charge in [-0.25, -0.2) is 4.79 Å². The van der Waals surface area contributed by atoms with E-state index >= 15 is 0 Å². The molecule has 3 rings (SSSR count). The normalized spacial score (nSPS) is 12.9. The minimum atomic E-state index is -0.945. The number of hydrogen-bond acceptors (Lipinski definition) is 2. The number of carbonyl (C=O) groups excluding carboxylic acids is 1. The Bertz CT molecular complexity index is 692. The quantitative estimate of drug-likeness (QED) is 0.864. The summed E-state index contributed by atoms with van der Waals surface area (Å²) in [6, 6.07) is 12.4. The van der Waals surface area contributed by atoms with Crippen LogP contribution in [0.25, 0.3) is 11.1 Å². The van der Waals surface area contributed by atoms with Gasteiger partial charge in [-0.2, -0.15) is 0 Å². The van der Waals surface area contributed by atoms with Crippen molar-refractivity contribution < 1.29 is 14.7 Å². The summed E-state index contributed by atoms with van der Waals surface area (Å²) in [4.78, 5) is 22.3. The number of anilines is 1. The number of benzene rings is 2. The molecule has 4 nitrogen and oxygen atoms in total. The van der Waals surface area contributed by atoms with Gasteiger partial charge in [0.2, 0.25) is 5.91 Å². The van der Waals surface area contributed by atoms with E-state index in [-0.39, 0.29) is 11.5 Å². The SMILES string of the molecule is O=C1Cc2cc(-c3cccc(C(=O)O)c3)ccc2N1. The van der Waals surface area contributed by atoms with Gasteiger partial charge >= 0.3 is 5.97 Å². The first-order chi connectivity index (χ1) is 9.13. The van der Waals surface area contributed by atoms with E-state index in [1.807, 2.05) is 24.3 Å². The number of carbonyl (C=O) groups is 2. The van der Waals surface area contributed by atoms with Gasteiger partial charge in [-0.15, -0.1) is 0 Å². The van der Waals surface area contributed by atoms with Crippen molar-refractivity contribution in [3.8, 4) is 11.1 Å². The van der Waals surface area contributed by atoms with Crippen LogP contribution in [0.3, 0.4) is 0 Å². The minimum absolute atomic E-state index is 0.00793. The van der Waals surface area contributed by atoms with Crippen molar-refractivity contribution in [3.05, 3.63) is 53.6 Å². The number of rotatable bonds is 2. The van der Waals surface area contributed by atoms with E-state index in [2.05, 4.69) is 5.32 Å². The van der Waals surface area contributed by atoms with Crippen LogP contribution in [0.5, 0.6) is 0 Å². The van der Waals surface area contributed by atoms with Crippen LogP contribution in [0.4, 0.5) is 5.69 Å². The van der Waals surface area contributed by atoms with Gasteiger partial charge in [0.05, 0.1) is 12.0 Å². The maximum absolute atomic E-state index is 11.3. The molecular weight excluding hydrogens is 242 g/mol. The molecule has 0 aliphatic carbocycles. The van der Waals surface area contributed by atoms with Crippen LogP contribution in [0, 0.1) is 0 Å². The minimum Gasteiger partial charge on any atom is -0.478 e. The Morgan fingerprint density at radius 2 is 1.89 bits per heavy atom. The van der Waals surface area contributed by atoms with E-state index in [9.17, 15) is 9.59 Å². The van der Waals surface area contributed by atoms with E-state index in [0.29, 0.717) is 6.42 Å². The molecule has 2 N–H and O–H groups in total. The van der Waals surface area contributed by atoms with Crippen LogP contribution in [-0.2, 0) is 11.2 Å². The molecule has 0 aromatic heterocycles. The summed E-state index contributed by atoms with van der Waals surface area (Å²) in [5.74, 6) is -0.953. The van der Waals surface area contributed by atoms with Gasteiger partial charge < -0.3 is 10.4 Å². The first-order valence-corrected chi connectivity index (χ1v) is 5.90. The topological polar surface area (TPSA) is 66.4 Å². The number of hydrogen-bond donors (Lipinski definition) is 2. The highest BCUT2D eigenvalue weighted by atomic mass is 16.4. The molecule has 0 saturated carbocycles. The predicted octanol–water partition coefficient (Wildman–Crippen LogP) is 2.55. The van der Waals surface area contributed by atoms with Crippen molar-refractivity contribution in [2.24, 2.45) is 0 Å². The average Bonchev–Trinajstić information content (AvgIpc) is 2.77. The zero-order valence-electron chi connectivity index (χ0n) is 10.0. The molecule has 1 amide bonds. The Morgan fingerprint density at radius 3 is 2.68 bits per heavy atom. The van der Waals surface area contributed by atoms with Gasteiger partial charge in [0.15, 0.2) is 0 Å². The van der Waals surface area contributed by atoms with Gasteiger partial charge in [-0.05, 0) is 41.0 Å². The maximum atomic E-state index is 11.3. The van der Waals surface area contributed by atoms with E-state index in [1.54, 1.807) is 18.2 Å². The van der Waals surface area contributed by atoms with Gasteiger partial charge in [0.25, 0.3) is 0 Å². The van der Waals surface area contributed by atoms with E-state index in [4.69, 9.17) is 5.11 Å². The lowest BCUT2D eigenvalue weighted by Gasteiger charge is -2.05. The first kappa shape index (κ1) is 11.5. The highest BCUT2D eigenvalue weighted by Crippen LogP contribution is 2.29. The fourth-order valence-electron chi connectivity index (χ4n) is 2.24. The molecule has 1 heterocycles. The van der Waals surface area contributed by atoms with E-state index in [1.165, 1.54) is 0 Å². The number of carboxylic acids is 1. The average molecular weight is 253 g/mol. The molecule has 2 aromatic rings. The Balaban J connectivity index is 2.04. The van der Waals surface area contributed by atoms with Crippen LogP contribution in [0.15, 0.2) is 42.5 Å². The second kappa shape index (κ2) is 4.24. The third kappa shape index (κ3) is 2.08. The Kier molecular flexibility index (Phi) is 2.56. The number of aromatic carboxylic acids is 1. The molecule has 0 atom stereocenters. The van der Waals surface area contributed by atoms with Gasteiger partial charge in [-0.3, -0.25) is 4.79 Å². The molecule has 0 unspecified atom stereocenters. The van der Waals surface area contributed by atoms with E-state index < -0.39 is 5.97 Å². The molecule has 4 heteroatoms. The van der Waals surface area contributed by atoms with Crippen LogP contribution in [-0.4, -0.2) is 17.0 Å². The summed E-state index contributed by atoms with van der Waals surface area (Å²) in [5, 5.41) is 11.8. The number of amides is 1. The predicted molar refractivity (Wildman–Crippen MR) is 71.2 cm³/mol. The highest BCUT2D eigenvalue weighted by molar-refractivity contribution is 5.99. The molecular formula is C15H11NO3. The molecule has 19 heavy (non-hydrogen) atoms. The lowest BCUT2D eigenvalue weighted by Crippen LogP contribution is -2.03. The van der Waals surface area contributed by atoms with E-state index in [0.717, 1.165) is 22.4 Å². The number of nitrogens with one attached hydrogen (secondary N) is 1. The Labute approximate surface area is 109 Å². The lowest BCUT2D eigenvalue weighted by atomic mass is 10.00. The van der Waals surface area contributed by atoms with Gasteiger partial charge in [0.1, 0.15) is 0 Å². The lowest BCUT2D eigenvalue weighted by molar-refractivity contribution is -0.115. The highest BCUT2D eigenvalue weighted by Gasteiger charge is 2.17. The molecule has 2 aromatic carbocycles. The van der Waals surface area contributed by atoms with Crippen molar-refractivity contribution in [2.75, 3.05) is 5.32 Å². The first-order valence-electron chi connectivity index (χ1n) is 5.90. The molecule has 0 fully saturated rings. The zero-order valence-corrected chi connectivity index (χ0v) is 10.0. The molecule has 0 radical (unpaired) electrons. The van der Waals surface area contributed by atoms with Crippen molar-refractivity contribution in [3.63, 3.8) is 0 Å². The molecule has 0 spiro atoms. The maximum Gasteiger partial charge on any atom is 0.335 e. The molecule has 1 aliphatic rings. The third-order valence-corrected chi connectivity index (χ3v) is 3.17. The van der Waals surface area contributed by atoms with Crippen LogP contribution >= 0.6 is 0 Å². The Hall–Kier alpha value is -2.62. The summed E-state index contributed by atoms with van der Waals surface area (Å²) in [5.41, 5.74) is 3.79. The van der Waals surface area contributed by atoms with Gasteiger partial charge in [-0.1, -0.05) is 18.2 Å². The Morgan fingerprint density at radius 1 is 1.11 bits per heavy atom.